The maximum Gasteiger partial charge on any atom is 0.182 e. The Balaban J connectivity index is 1.28. The number of aryl methyl sites for hydroxylation is 1. The highest BCUT2D eigenvalue weighted by atomic mass is 32.2. The van der Waals surface area contributed by atoms with Gasteiger partial charge in [0.05, 0.1) is 12.3 Å². The van der Waals surface area contributed by atoms with Crippen LogP contribution < -0.4 is 20.7 Å². The van der Waals surface area contributed by atoms with Crippen molar-refractivity contribution in [3.8, 4) is 16.9 Å². The van der Waals surface area contributed by atoms with Crippen LogP contribution in [-0.4, -0.2) is 54.9 Å². The van der Waals surface area contributed by atoms with Crippen LogP contribution in [0.3, 0.4) is 0 Å². The van der Waals surface area contributed by atoms with Gasteiger partial charge in [-0.3, -0.25) is 0 Å². The van der Waals surface area contributed by atoms with E-state index in [1.54, 1.807) is 18.6 Å². The molecule has 0 saturated carbocycles. The summed E-state index contributed by atoms with van der Waals surface area (Å²) < 4.78 is 32.6. The predicted molar refractivity (Wildman–Crippen MR) is 156 cm³/mol. The van der Waals surface area contributed by atoms with Crippen LogP contribution in [0.2, 0.25) is 0 Å². The van der Waals surface area contributed by atoms with E-state index >= 15 is 0 Å². The van der Waals surface area contributed by atoms with Crippen LogP contribution in [0, 0.1) is 5.41 Å². The highest BCUT2D eigenvalue weighted by Crippen LogP contribution is 2.39. The van der Waals surface area contributed by atoms with Crippen molar-refractivity contribution in [3.63, 3.8) is 0 Å². The molecule has 4 heterocycles. The van der Waals surface area contributed by atoms with E-state index in [1.807, 2.05) is 12.1 Å². The molecule has 0 amide bonds. The predicted octanol–water partition coefficient (Wildman–Crippen LogP) is 3.95. The van der Waals surface area contributed by atoms with Crippen LogP contribution in [0.25, 0.3) is 11.1 Å². The van der Waals surface area contributed by atoms with Crippen LogP contribution in [0.15, 0.2) is 41.7 Å². The summed E-state index contributed by atoms with van der Waals surface area (Å²) in [6.45, 7) is 7.46. The number of anilines is 2. The first-order chi connectivity index (χ1) is 19.2. The second kappa shape index (κ2) is 10.6. The fraction of sp³-hybridized carbons (Fsp3) is 0.500. The topological polar surface area (TPSA) is 123 Å². The Labute approximate surface area is 236 Å². The van der Waals surface area contributed by atoms with Crippen molar-refractivity contribution in [2.75, 3.05) is 36.1 Å². The zero-order chi connectivity index (χ0) is 27.9. The monoisotopic (exact) mass is 562 g/mol. The van der Waals surface area contributed by atoms with Gasteiger partial charge in [-0.15, -0.1) is 0 Å². The number of hydrogen-bond acceptors (Lipinski definition) is 9. The van der Waals surface area contributed by atoms with Crippen molar-refractivity contribution in [2.45, 2.75) is 69.9 Å². The number of nitrogen functional groups attached to an aromatic ring is 1. The van der Waals surface area contributed by atoms with E-state index in [2.05, 4.69) is 40.1 Å². The first kappa shape index (κ1) is 27.0. The van der Waals surface area contributed by atoms with Gasteiger partial charge in [-0.1, -0.05) is 19.9 Å². The summed E-state index contributed by atoms with van der Waals surface area (Å²) in [4.78, 5) is 16.0. The maximum atomic E-state index is 13.2. The van der Waals surface area contributed by atoms with Gasteiger partial charge in [-0.05, 0) is 74.2 Å². The van der Waals surface area contributed by atoms with Crippen molar-refractivity contribution >= 4 is 21.5 Å². The molecule has 6 rings (SSSR count). The molecule has 2 aliphatic heterocycles. The number of aromatic nitrogens is 3. The number of benzene rings is 1. The number of nitrogens with two attached hydrogens (primary N) is 1. The average Bonchev–Trinajstić information content (AvgIpc) is 3.37. The van der Waals surface area contributed by atoms with Gasteiger partial charge in [-0.25, -0.2) is 23.4 Å². The van der Waals surface area contributed by atoms with Gasteiger partial charge in [0, 0.05) is 41.2 Å². The number of sulfone groups is 1. The molecule has 0 radical (unpaired) electrons. The standard InChI is InChI=1S/C30H38N6O3S/c1-30(2)9-7-25-24(16-30)29(35-19-34-25)36-11-12-39-26-6-5-20(14-22(26)18-36)21-15-27(28(31)33-17-21)40(37,38)13-8-23-4-3-10-32-23/h5-6,14-15,17,19,23,32H,3-4,7-13,16,18H2,1-2H3,(H2,31,33)/t23-/m0/s1. The van der Waals surface area contributed by atoms with Crippen molar-refractivity contribution in [1.82, 2.24) is 20.3 Å². The molecular weight excluding hydrogens is 524 g/mol. The number of fused-ring (bicyclic) bond motifs is 2. The summed E-state index contributed by atoms with van der Waals surface area (Å²) in [6, 6.07) is 7.89. The molecule has 212 valence electrons. The average molecular weight is 563 g/mol. The van der Waals surface area contributed by atoms with Crippen LogP contribution >= 0.6 is 0 Å². The normalized spacial score (nSPS) is 20.4. The number of hydrogen-bond donors (Lipinski definition) is 2. The van der Waals surface area contributed by atoms with E-state index in [0.29, 0.717) is 25.1 Å². The Hall–Kier alpha value is -3.24. The van der Waals surface area contributed by atoms with E-state index in [0.717, 1.165) is 73.6 Å². The summed E-state index contributed by atoms with van der Waals surface area (Å²) in [5.41, 5.74) is 11.3. The van der Waals surface area contributed by atoms with Gasteiger partial charge in [-0.2, -0.15) is 0 Å². The smallest absolute Gasteiger partial charge is 0.182 e. The van der Waals surface area contributed by atoms with E-state index < -0.39 is 9.84 Å². The number of nitrogens with zero attached hydrogens (tertiary/aromatic N) is 4. The van der Waals surface area contributed by atoms with Crippen molar-refractivity contribution < 1.29 is 13.2 Å². The fourth-order valence-corrected chi connectivity index (χ4v) is 7.65. The van der Waals surface area contributed by atoms with Crippen LogP contribution in [-0.2, 0) is 29.2 Å². The zero-order valence-electron chi connectivity index (χ0n) is 23.3. The molecule has 3 aromatic rings. The highest BCUT2D eigenvalue weighted by molar-refractivity contribution is 7.91. The third-order valence-electron chi connectivity index (χ3n) is 8.49. The van der Waals surface area contributed by atoms with Crippen molar-refractivity contribution in [1.29, 1.82) is 0 Å². The molecule has 0 spiro atoms. The summed E-state index contributed by atoms with van der Waals surface area (Å²) in [7, 11) is -3.57. The number of ether oxygens (including phenoxy) is 1. The van der Waals surface area contributed by atoms with Crippen LogP contribution in [0.5, 0.6) is 5.75 Å². The van der Waals surface area contributed by atoms with Gasteiger partial charge in [0.2, 0.25) is 0 Å². The number of rotatable bonds is 6. The summed E-state index contributed by atoms with van der Waals surface area (Å²) in [6.07, 6.45) is 9.03. The minimum absolute atomic E-state index is 0.0452. The molecule has 0 unspecified atom stereocenters. The Morgan fingerprint density at radius 1 is 1.18 bits per heavy atom. The molecule has 1 aliphatic carbocycles. The molecule has 40 heavy (non-hydrogen) atoms. The molecule has 2 aromatic heterocycles. The zero-order valence-corrected chi connectivity index (χ0v) is 24.1. The fourth-order valence-electron chi connectivity index (χ4n) is 6.16. The molecule has 10 heteroatoms. The SMILES string of the molecule is CC1(C)CCc2ncnc(N3CCOc4ccc(-c5cnc(N)c(S(=O)(=O)CC[C@@H]6CCCN6)c5)cc4C3)c2C1. The molecule has 1 aromatic carbocycles. The third-order valence-corrected chi connectivity index (χ3v) is 10.3. The second-order valence-corrected chi connectivity index (χ2v) is 14.1. The minimum atomic E-state index is -3.57. The largest absolute Gasteiger partial charge is 0.491 e. The van der Waals surface area contributed by atoms with E-state index in [-0.39, 0.29) is 27.9 Å². The van der Waals surface area contributed by atoms with Gasteiger partial charge in [0.15, 0.2) is 9.84 Å². The van der Waals surface area contributed by atoms with Gasteiger partial charge in [0.25, 0.3) is 0 Å². The Morgan fingerprint density at radius 2 is 2.05 bits per heavy atom. The molecule has 1 fully saturated rings. The molecule has 9 nitrogen and oxygen atoms in total. The quantitative estimate of drug-likeness (QED) is 0.460. The lowest BCUT2D eigenvalue weighted by molar-refractivity contribution is 0.310. The van der Waals surface area contributed by atoms with Crippen LogP contribution in [0.4, 0.5) is 11.6 Å². The molecular formula is C30H38N6O3S. The third kappa shape index (κ3) is 5.51. The first-order valence-corrected chi connectivity index (χ1v) is 15.9. The molecule has 1 saturated heterocycles. The maximum absolute atomic E-state index is 13.2. The van der Waals surface area contributed by atoms with Gasteiger partial charge < -0.3 is 20.7 Å². The summed E-state index contributed by atoms with van der Waals surface area (Å²) >= 11 is 0. The van der Waals surface area contributed by atoms with Crippen molar-refractivity contribution in [2.24, 2.45) is 5.41 Å². The van der Waals surface area contributed by atoms with Crippen molar-refractivity contribution in [3.05, 3.63) is 53.6 Å². The minimum Gasteiger partial charge on any atom is -0.491 e. The Kier molecular flexibility index (Phi) is 7.16. The lowest BCUT2D eigenvalue weighted by atomic mass is 9.76. The van der Waals surface area contributed by atoms with Crippen LogP contribution in [0.1, 0.15) is 56.4 Å². The number of pyridine rings is 1. The number of nitrogens with one attached hydrogen (secondary N) is 1. The molecule has 1 atom stereocenters. The molecule has 0 bridgehead atoms. The lowest BCUT2D eigenvalue weighted by Gasteiger charge is -2.33. The Bertz CT molecular complexity index is 1520. The summed E-state index contributed by atoms with van der Waals surface area (Å²) in [5.74, 6) is 1.91. The highest BCUT2D eigenvalue weighted by Gasteiger charge is 2.31. The molecule has 3 N–H and O–H groups in total. The summed E-state index contributed by atoms with van der Waals surface area (Å²) in [5, 5.41) is 3.37. The van der Waals surface area contributed by atoms with E-state index in [1.165, 1.54) is 5.56 Å². The first-order valence-electron chi connectivity index (χ1n) is 14.2. The molecule has 3 aliphatic rings. The van der Waals surface area contributed by atoms with Gasteiger partial charge in [0.1, 0.15) is 35.2 Å². The van der Waals surface area contributed by atoms with E-state index in [4.69, 9.17) is 15.5 Å². The second-order valence-electron chi connectivity index (χ2n) is 12.1. The van der Waals surface area contributed by atoms with E-state index in [9.17, 15) is 8.42 Å². The lowest BCUT2D eigenvalue weighted by Crippen LogP contribution is -2.31. The Morgan fingerprint density at radius 3 is 2.88 bits per heavy atom. The van der Waals surface area contributed by atoms with Gasteiger partial charge >= 0.3 is 0 Å².